The molecule has 1 unspecified atom stereocenters. The summed E-state index contributed by atoms with van der Waals surface area (Å²) in [7, 11) is 1.53. The lowest BCUT2D eigenvalue weighted by molar-refractivity contribution is -0.122. The molecule has 0 bridgehead atoms. The van der Waals surface area contributed by atoms with E-state index in [4.69, 9.17) is 9.57 Å². The average molecular weight is 208 g/mol. The smallest absolute Gasteiger partial charge is 0.265 e. The lowest BCUT2D eigenvalue weighted by atomic mass is 10.2. The van der Waals surface area contributed by atoms with Crippen LogP contribution in [0.15, 0.2) is 18.2 Å². The minimum atomic E-state index is -0.463. The SMILES string of the molecule is CONc1ccc2c(c1)OC(C)C(=O)N2. The Balaban J connectivity index is 2.29. The summed E-state index contributed by atoms with van der Waals surface area (Å²) in [5.74, 6) is 0.513. The van der Waals surface area contributed by atoms with Gasteiger partial charge >= 0.3 is 0 Å². The van der Waals surface area contributed by atoms with Gasteiger partial charge in [0.1, 0.15) is 5.75 Å². The van der Waals surface area contributed by atoms with E-state index in [1.54, 1.807) is 25.1 Å². The zero-order valence-electron chi connectivity index (χ0n) is 8.53. The standard InChI is InChI=1S/C10H12N2O3/c1-6-10(13)11-8-4-3-7(12-14-2)5-9(8)15-6/h3-6,12H,1-2H3,(H,11,13). The van der Waals surface area contributed by atoms with Gasteiger partial charge in [0.15, 0.2) is 6.10 Å². The largest absolute Gasteiger partial charge is 0.479 e. The highest BCUT2D eigenvalue weighted by atomic mass is 16.6. The zero-order chi connectivity index (χ0) is 10.8. The van der Waals surface area contributed by atoms with Crippen LogP contribution in [0, 0.1) is 0 Å². The number of nitrogens with one attached hydrogen (secondary N) is 2. The number of anilines is 2. The molecule has 0 spiro atoms. The fraction of sp³-hybridized carbons (Fsp3) is 0.300. The van der Waals surface area contributed by atoms with Gasteiger partial charge in [-0.2, -0.15) is 0 Å². The number of rotatable bonds is 2. The molecule has 1 aromatic rings. The number of hydrogen-bond donors (Lipinski definition) is 2. The first-order valence-corrected chi connectivity index (χ1v) is 4.61. The fourth-order valence-corrected chi connectivity index (χ4v) is 1.38. The number of benzene rings is 1. The van der Waals surface area contributed by atoms with Crippen molar-refractivity contribution in [1.29, 1.82) is 0 Å². The molecule has 2 rings (SSSR count). The third-order valence-corrected chi connectivity index (χ3v) is 2.13. The molecule has 80 valence electrons. The summed E-state index contributed by atoms with van der Waals surface area (Å²) in [4.78, 5) is 16.1. The van der Waals surface area contributed by atoms with E-state index in [-0.39, 0.29) is 5.91 Å². The third-order valence-electron chi connectivity index (χ3n) is 2.13. The Hall–Kier alpha value is -1.75. The summed E-state index contributed by atoms with van der Waals surface area (Å²) < 4.78 is 5.42. The van der Waals surface area contributed by atoms with E-state index in [1.165, 1.54) is 7.11 Å². The van der Waals surface area contributed by atoms with Gasteiger partial charge in [-0.1, -0.05) is 0 Å². The average Bonchev–Trinajstić information content (AvgIpc) is 2.21. The van der Waals surface area contributed by atoms with Crippen molar-refractivity contribution in [2.24, 2.45) is 0 Å². The minimum Gasteiger partial charge on any atom is -0.479 e. The lowest BCUT2D eigenvalue weighted by Gasteiger charge is -2.23. The molecule has 0 aromatic heterocycles. The maximum Gasteiger partial charge on any atom is 0.265 e. The van der Waals surface area contributed by atoms with Crippen molar-refractivity contribution < 1.29 is 14.4 Å². The highest BCUT2D eigenvalue weighted by Crippen LogP contribution is 2.32. The Morgan fingerprint density at radius 1 is 1.53 bits per heavy atom. The summed E-state index contributed by atoms with van der Waals surface area (Å²) >= 11 is 0. The Bertz CT molecular complexity index is 392. The highest BCUT2D eigenvalue weighted by Gasteiger charge is 2.23. The van der Waals surface area contributed by atoms with Crippen molar-refractivity contribution in [3.05, 3.63) is 18.2 Å². The second-order valence-electron chi connectivity index (χ2n) is 3.27. The molecular weight excluding hydrogens is 196 g/mol. The van der Waals surface area contributed by atoms with Crippen molar-refractivity contribution in [3.63, 3.8) is 0 Å². The first-order chi connectivity index (χ1) is 7.20. The van der Waals surface area contributed by atoms with E-state index >= 15 is 0 Å². The predicted molar refractivity (Wildman–Crippen MR) is 55.8 cm³/mol. The van der Waals surface area contributed by atoms with Gasteiger partial charge in [-0.3, -0.25) is 15.1 Å². The Kier molecular flexibility index (Phi) is 2.47. The van der Waals surface area contributed by atoms with Gasteiger partial charge in [-0.15, -0.1) is 0 Å². The summed E-state index contributed by atoms with van der Waals surface area (Å²) in [6, 6.07) is 5.33. The lowest BCUT2D eigenvalue weighted by Crippen LogP contribution is -2.34. The first-order valence-electron chi connectivity index (χ1n) is 4.61. The number of amides is 1. The number of hydrogen-bond acceptors (Lipinski definition) is 4. The molecule has 1 aliphatic rings. The Labute approximate surface area is 87.3 Å². The van der Waals surface area contributed by atoms with Crippen molar-refractivity contribution in [2.75, 3.05) is 17.9 Å². The van der Waals surface area contributed by atoms with E-state index in [2.05, 4.69) is 10.8 Å². The molecule has 1 heterocycles. The molecule has 0 aliphatic carbocycles. The van der Waals surface area contributed by atoms with Crippen LogP contribution in [0.25, 0.3) is 0 Å². The van der Waals surface area contributed by atoms with Gasteiger partial charge in [0.05, 0.1) is 18.5 Å². The molecular formula is C10H12N2O3. The minimum absolute atomic E-state index is 0.130. The number of fused-ring (bicyclic) bond motifs is 1. The van der Waals surface area contributed by atoms with Crippen LogP contribution in [0.4, 0.5) is 11.4 Å². The second kappa shape index (κ2) is 3.78. The third kappa shape index (κ3) is 1.87. The molecule has 1 aromatic carbocycles. The molecule has 5 heteroatoms. The summed E-state index contributed by atoms with van der Waals surface area (Å²) in [6.07, 6.45) is -0.463. The maximum atomic E-state index is 11.3. The van der Waals surface area contributed by atoms with Crippen LogP contribution in [-0.2, 0) is 9.63 Å². The highest BCUT2D eigenvalue weighted by molar-refractivity contribution is 5.97. The molecule has 1 atom stereocenters. The Morgan fingerprint density at radius 2 is 2.33 bits per heavy atom. The number of ether oxygens (including phenoxy) is 1. The maximum absolute atomic E-state index is 11.3. The van der Waals surface area contributed by atoms with Gasteiger partial charge in [-0.25, -0.2) is 0 Å². The molecule has 5 nitrogen and oxygen atoms in total. The van der Waals surface area contributed by atoms with Gasteiger partial charge in [0.2, 0.25) is 0 Å². The molecule has 0 radical (unpaired) electrons. The van der Waals surface area contributed by atoms with Crippen LogP contribution in [0.1, 0.15) is 6.92 Å². The van der Waals surface area contributed by atoms with Gasteiger partial charge < -0.3 is 10.1 Å². The van der Waals surface area contributed by atoms with E-state index in [0.717, 1.165) is 5.69 Å². The van der Waals surface area contributed by atoms with Gasteiger partial charge in [0, 0.05) is 6.07 Å². The van der Waals surface area contributed by atoms with Crippen molar-refractivity contribution in [1.82, 2.24) is 0 Å². The van der Waals surface area contributed by atoms with Gasteiger partial charge in [-0.05, 0) is 19.1 Å². The molecule has 0 saturated carbocycles. The molecule has 15 heavy (non-hydrogen) atoms. The van der Waals surface area contributed by atoms with Crippen molar-refractivity contribution in [2.45, 2.75) is 13.0 Å². The van der Waals surface area contributed by atoms with Crippen LogP contribution in [0.5, 0.6) is 5.75 Å². The summed E-state index contributed by atoms with van der Waals surface area (Å²) in [5, 5.41) is 2.75. The summed E-state index contributed by atoms with van der Waals surface area (Å²) in [6.45, 7) is 1.70. The first kappa shape index (κ1) is 9.79. The molecule has 1 amide bonds. The molecule has 0 fully saturated rings. The van der Waals surface area contributed by atoms with Crippen LogP contribution in [0.3, 0.4) is 0 Å². The van der Waals surface area contributed by atoms with E-state index in [0.29, 0.717) is 11.4 Å². The van der Waals surface area contributed by atoms with E-state index in [1.807, 2.05) is 0 Å². The van der Waals surface area contributed by atoms with E-state index in [9.17, 15) is 4.79 Å². The fourth-order valence-electron chi connectivity index (χ4n) is 1.38. The predicted octanol–water partition coefficient (Wildman–Crippen LogP) is 1.38. The van der Waals surface area contributed by atoms with Gasteiger partial charge in [0.25, 0.3) is 5.91 Å². The molecule has 2 N–H and O–H groups in total. The quantitative estimate of drug-likeness (QED) is 0.721. The Morgan fingerprint density at radius 3 is 3.07 bits per heavy atom. The van der Waals surface area contributed by atoms with Crippen LogP contribution in [-0.4, -0.2) is 19.1 Å². The van der Waals surface area contributed by atoms with E-state index < -0.39 is 6.10 Å². The molecule has 0 saturated heterocycles. The monoisotopic (exact) mass is 208 g/mol. The molecule has 1 aliphatic heterocycles. The second-order valence-corrected chi connectivity index (χ2v) is 3.27. The van der Waals surface area contributed by atoms with Crippen LogP contribution >= 0.6 is 0 Å². The summed E-state index contributed by atoms with van der Waals surface area (Å²) in [5.41, 5.74) is 4.15. The zero-order valence-corrected chi connectivity index (χ0v) is 8.53. The van der Waals surface area contributed by atoms with Crippen LogP contribution in [0.2, 0.25) is 0 Å². The number of carbonyl (C=O) groups is 1. The van der Waals surface area contributed by atoms with Crippen molar-refractivity contribution in [3.8, 4) is 5.75 Å². The number of carbonyl (C=O) groups excluding carboxylic acids is 1. The van der Waals surface area contributed by atoms with Crippen LogP contribution < -0.4 is 15.5 Å². The van der Waals surface area contributed by atoms with Crippen molar-refractivity contribution >= 4 is 17.3 Å². The normalized spacial score (nSPS) is 18.8. The topological polar surface area (TPSA) is 59.6 Å².